The van der Waals surface area contributed by atoms with Gasteiger partial charge in [0.1, 0.15) is 6.10 Å². The molecule has 0 saturated heterocycles. The maximum atomic E-state index is 8.17. The smallest absolute Gasteiger partial charge is 0.100 e. The van der Waals surface area contributed by atoms with Gasteiger partial charge in [-0.05, 0) is 64.2 Å². The molecule has 0 aromatic rings. The monoisotopic (exact) mass is 611 g/mol. The summed E-state index contributed by atoms with van der Waals surface area (Å²) < 4.78 is 5.85. The van der Waals surface area contributed by atoms with E-state index in [4.69, 9.17) is 20.1 Å². The summed E-state index contributed by atoms with van der Waals surface area (Å²) in [5.41, 5.74) is 0. The molecule has 0 aliphatic rings. The molecule has 0 heterocycles. The Morgan fingerprint density at radius 2 is 0.651 bits per heavy atom. The van der Waals surface area contributed by atoms with E-state index in [2.05, 4.69) is 38.2 Å². The molecule has 0 aliphatic carbocycles. The van der Waals surface area contributed by atoms with Crippen molar-refractivity contribution in [1.29, 1.82) is 0 Å². The fourth-order valence-corrected chi connectivity index (χ4v) is 5.06. The highest BCUT2D eigenvalue weighted by Gasteiger charge is 1.95. The summed E-state index contributed by atoms with van der Waals surface area (Å²) in [6.07, 6.45) is 47.2. The third-order valence-electron chi connectivity index (χ3n) is 8.02. The largest absolute Gasteiger partial charge is 0.394 e. The summed E-state index contributed by atoms with van der Waals surface area (Å²) in [6, 6.07) is 0. The summed E-state index contributed by atoms with van der Waals surface area (Å²) in [7, 11) is 0. The SMILES string of the molecule is CCCCCCCC/C=C\CCCCCCCCOCCCCCCCC/C=C\CCCCCCCC.OCC(O)CO. The van der Waals surface area contributed by atoms with Crippen LogP contribution in [0.3, 0.4) is 0 Å². The van der Waals surface area contributed by atoms with Crippen LogP contribution in [0.15, 0.2) is 24.3 Å². The predicted molar refractivity (Wildman–Crippen MR) is 190 cm³/mol. The highest BCUT2D eigenvalue weighted by Crippen LogP contribution is 2.12. The van der Waals surface area contributed by atoms with E-state index >= 15 is 0 Å². The second-order valence-corrected chi connectivity index (χ2v) is 12.5. The standard InChI is InChI=1S/C36H70O.C3H8O3/c1-3-5-7-9-11-13-15-17-19-21-23-25-27-29-31-33-35-37-36-34-32-30-28-26-24-22-20-18-16-14-12-10-8-6-4-2;4-1-3(6)2-5/h17-20H,3-16,21-36H2,1-2H3;3-6H,1-2H2/b19-17-,20-18-;. The van der Waals surface area contributed by atoms with Crippen LogP contribution < -0.4 is 0 Å². The second-order valence-electron chi connectivity index (χ2n) is 12.5. The fourth-order valence-electron chi connectivity index (χ4n) is 5.06. The zero-order valence-corrected chi connectivity index (χ0v) is 29.3. The lowest BCUT2D eigenvalue weighted by Gasteiger charge is -2.05. The molecule has 0 amide bonds. The predicted octanol–water partition coefficient (Wildman–Crippen LogP) is 11.4. The van der Waals surface area contributed by atoms with Crippen molar-refractivity contribution in [3.05, 3.63) is 24.3 Å². The summed E-state index contributed by atoms with van der Waals surface area (Å²) in [5, 5.41) is 24.0. The Morgan fingerprint density at radius 1 is 0.395 bits per heavy atom. The van der Waals surface area contributed by atoms with Gasteiger partial charge in [-0.25, -0.2) is 0 Å². The number of hydrogen-bond acceptors (Lipinski definition) is 4. The van der Waals surface area contributed by atoms with Crippen LogP contribution in [0, 0.1) is 0 Å². The lowest BCUT2D eigenvalue weighted by molar-refractivity contribution is 0.0450. The van der Waals surface area contributed by atoms with Crippen molar-refractivity contribution in [2.45, 2.75) is 200 Å². The van der Waals surface area contributed by atoms with Crippen molar-refractivity contribution in [3.63, 3.8) is 0 Å². The number of aliphatic hydroxyl groups is 3. The average molecular weight is 611 g/mol. The Bertz CT molecular complexity index is 475. The van der Waals surface area contributed by atoms with E-state index < -0.39 is 6.10 Å². The molecule has 0 aromatic heterocycles. The van der Waals surface area contributed by atoms with Gasteiger partial charge in [-0.1, -0.05) is 154 Å². The number of aliphatic hydroxyl groups excluding tert-OH is 3. The van der Waals surface area contributed by atoms with Crippen LogP contribution >= 0.6 is 0 Å². The number of rotatable bonds is 34. The van der Waals surface area contributed by atoms with Crippen LogP contribution in [0.2, 0.25) is 0 Å². The van der Waals surface area contributed by atoms with Crippen molar-refractivity contribution in [3.8, 4) is 0 Å². The molecule has 43 heavy (non-hydrogen) atoms. The van der Waals surface area contributed by atoms with Gasteiger partial charge in [0.25, 0.3) is 0 Å². The Morgan fingerprint density at radius 3 is 0.907 bits per heavy atom. The average Bonchev–Trinajstić information content (AvgIpc) is 3.03. The molecular weight excluding hydrogens is 532 g/mol. The highest BCUT2D eigenvalue weighted by molar-refractivity contribution is 4.82. The van der Waals surface area contributed by atoms with E-state index in [0.29, 0.717) is 0 Å². The minimum Gasteiger partial charge on any atom is -0.394 e. The molecule has 0 bridgehead atoms. The first-order chi connectivity index (χ1) is 21.2. The van der Waals surface area contributed by atoms with Gasteiger partial charge >= 0.3 is 0 Å². The molecule has 258 valence electrons. The topological polar surface area (TPSA) is 69.9 Å². The van der Waals surface area contributed by atoms with Crippen LogP contribution in [-0.2, 0) is 4.74 Å². The molecule has 0 radical (unpaired) electrons. The van der Waals surface area contributed by atoms with Crippen molar-refractivity contribution < 1.29 is 20.1 Å². The van der Waals surface area contributed by atoms with Crippen LogP contribution in [0.1, 0.15) is 194 Å². The maximum absolute atomic E-state index is 8.17. The summed E-state index contributed by atoms with van der Waals surface area (Å²) >= 11 is 0. The third-order valence-corrected chi connectivity index (χ3v) is 8.02. The van der Waals surface area contributed by atoms with E-state index in [0.717, 1.165) is 13.2 Å². The minimum atomic E-state index is -0.954. The Labute approximate surface area is 270 Å². The molecule has 0 spiro atoms. The van der Waals surface area contributed by atoms with Gasteiger partial charge in [-0.3, -0.25) is 0 Å². The first-order valence-electron chi connectivity index (χ1n) is 19.0. The van der Waals surface area contributed by atoms with Crippen LogP contribution in [0.5, 0.6) is 0 Å². The van der Waals surface area contributed by atoms with Crippen LogP contribution in [-0.4, -0.2) is 47.9 Å². The van der Waals surface area contributed by atoms with Gasteiger partial charge in [-0.2, -0.15) is 0 Å². The molecule has 0 fully saturated rings. The van der Waals surface area contributed by atoms with Gasteiger partial charge in [0, 0.05) is 13.2 Å². The van der Waals surface area contributed by atoms with E-state index in [1.54, 1.807) is 0 Å². The van der Waals surface area contributed by atoms with Crippen LogP contribution in [0.4, 0.5) is 0 Å². The maximum Gasteiger partial charge on any atom is 0.100 e. The van der Waals surface area contributed by atoms with E-state index in [1.165, 1.54) is 180 Å². The van der Waals surface area contributed by atoms with Gasteiger partial charge < -0.3 is 20.1 Å². The molecule has 0 saturated carbocycles. The normalized spacial score (nSPS) is 11.7. The molecule has 4 nitrogen and oxygen atoms in total. The molecule has 0 unspecified atom stereocenters. The molecule has 3 N–H and O–H groups in total. The fraction of sp³-hybridized carbons (Fsp3) is 0.897. The van der Waals surface area contributed by atoms with E-state index in [-0.39, 0.29) is 13.2 Å². The molecule has 4 heteroatoms. The molecule has 0 rings (SSSR count). The van der Waals surface area contributed by atoms with Gasteiger partial charge in [0.05, 0.1) is 13.2 Å². The molecule has 0 aliphatic heterocycles. The minimum absolute atomic E-state index is 0.365. The van der Waals surface area contributed by atoms with Gasteiger partial charge in [-0.15, -0.1) is 0 Å². The second kappa shape index (κ2) is 43.4. The Hall–Kier alpha value is -0.680. The summed E-state index contributed by atoms with van der Waals surface area (Å²) in [6.45, 7) is 5.81. The van der Waals surface area contributed by atoms with E-state index in [1.807, 2.05) is 0 Å². The van der Waals surface area contributed by atoms with Gasteiger partial charge in [0.15, 0.2) is 0 Å². The number of hydrogen-bond donors (Lipinski definition) is 3. The summed E-state index contributed by atoms with van der Waals surface area (Å²) in [4.78, 5) is 0. The van der Waals surface area contributed by atoms with Crippen LogP contribution in [0.25, 0.3) is 0 Å². The Kier molecular flexibility index (Phi) is 44.9. The highest BCUT2D eigenvalue weighted by atomic mass is 16.5. The van der Waals surface area contributed by atoms with Crippen molar-refractivity contribution in [1.82, 2.24) is 0 Å². The first kappa shape index (κ1) is 44.4. The van der Waals surface area contributed by atoms with E-state index in [9.17, 15) is 0 Å². The number of ether oxygens (including phenoxy) is 1. The van der Waals surface area contributed by atoms with Crippen molar-refractivity contribution in [2.75, 3.05) is 26.4 Å². The number of allylic oxidation sites excluding steroid dienone is 4. The zero-order chi connectivity index (χ0) is 31.7. The molecule has 0 atom stereocenters. The third kappa shape index (κ3) is 45.9. The van der Waals surface area contributed by atoms with Gasteiger partial charge in [0.2, 0.25) is 0 Å². The lowest BCUT2D eigenvalue weighted by Crippen LogP contribution is -2.15. The quantitative estimate of drug-likeness (QED) is 0.0501. The van der Waals surface area contributed by atoms with Crippen molar-refractivity contribution in [2.24, 2.45) is 0 Å². The number of unbranched alkanes of at least 4 members (excludes halogenated alkanes) is 24. The van der Waals surface area contributed by atoms with Crippen molar-refractivity contribution >= 4 is 0 Å². The molecular formula is C39H78O4. The molecule has 0 aromatic carbocycles. The first-order valence-corrected chi connectivity index (χ1v) is 19.0. The lowest BCUT2D eigenvalue weighted by atomic mass is 10.1. The zero-order valence-electron chi connectivity index (χ0n) is 29.3. The summed E-state index contributed by atoms with van der Waals surface area (Å²) in [5.74, 6) is 0. The Balaban J connectivity index is 0.